The molecule has 2 saturated heterocycles. The number of benzene rings is 1. The van der Waals surface area contributed by atoms with Gasteiger partial charge in [0.05, 0.1) is 6.42 Å². The van der Waals surface area contributed by atoms with Crippen LogP contribution in [0.2, 0.25) is 0 Å². The van der Waals surface area contributed by atoms with Crippen LogP contribution in [-0.4, -0.2) is 55.7 Å². The number of nitrogens with zero attached hydrogens (tertiary/aromatic N) is 2. The van der Waals surface area contributed by atoms with Gasteiger partial charge in [0.1, 0.15) is 5.60 Å². The maximum absolute atomic E-state index is 11.9. The van der Waals surface area contributed by atoms with Crippen LogP contribution in [0.4, 0.5) is 5.69 Å². The molecule has 1 N–H and O–H groups in total. The lowest BCUT2D eigenvalue weighted by atomic mass is 9.96. The summed E-state index contributed by atoms with van der Waals surface area (Å²) in [4.78, 5) is 16.8. The molecule has 1 aliphatic carbocycles. The van der Waals surface area contributed by atoms with Gasteiger partial charge in [-0.15, -0.1) is 0 Å². The number of rotatable bonds is 4. The summed E-state index contributed by atoms with van der Waals surface area (Å²) in [5.41, 5.74) is 4.07. The Morgan fingerprint density at radius 2 is 1.96 bits per heavy atom. The minimum Gasteiger partial charge on any atom is -0.460 e. The molecule has 1 aromatic rings. The van der Waals surface area contributed by atoms with E-state index in [0.717, 1.165) is 45.2 Å². The summed E-state index contributed by atoms with van der Waals surface area (Å²) in [5.74, 6) is 0.673. The number of carbonyl (C=O) groups is 1. The van der Waals surface area contributed by atoms with E-state index >= 15 is 0 Å². The van der Waals surface area contributed by atoms with Crippen LogP contribution in [-0.2, 0) is 9.53 Å². The highest BCUT2D eigenvalue weighted by Crippen LogP contribution is 2.45. The second-order valence-electron chi connectivity index (χ2n) is 9.21. The van der Waals surface area contributed by atoms with E-state index in [9.17, 15) is 4.79 Å². The van der Waals surface area contributed by atoms with Gasteiger partial charge in [0.25, 0.3) is 0 Å². The summed E-state index contributed by atoms with van der Waals surface area (Å²) in [6.07, 6.45) is 3.03. The molecule has 1 aromatic carbocycles. The van der Waals surface area contributed by atoms with Gasteiger partial charge in [0.15, 0.2) is 0 Å². The van der Waals surface area contributed by atoms with Gasteiger partial charge in [-0.25, -0.2) is 0 Å². The highest BCUT2D eigenvalue weighted by atomic mass is 16.6. The molecule has 2 atom stereocenters. The average Bonchev–Trinajstić information content (AvgIpc) is 2.89. The van der Waals surface area contributed by atoms with Crippen molar-refractivity contribution < 1.29 is 9.53 Å². The van der Waals surface area contributed by atoms with E-state index in [2.05, 4.69) is 33.3 Å². The number of ether oxygens (including phenoxy) is 1. The van der Waals surface area contributed by atoms with Gasteiger partial charge in [-0.1, -0.05) is 6.07 Å². The Kier molecular flexibility index (Phi) is 5.17. The third kappa shape index (κ3) is 4.30. The van der Waals surface area contributed by atoms with Gasteiger partial charge < -0.3 is 15.0 Å². The molecule has 27 heavy (non-hydrogen) atoms. The minimum absolute atomic E-state index is 0.0952. The molecule has 4 rings (SSSR count). The van der Waals surface area contributed by atoms with Gasteiger partial charge in [-0.05, 0) is 69.3 Å². The van der Waals surface area contributed by atoms with Crippen molar-refractivity contribution >= 4 is 11.7 Å². The van der Waals surface area contributed by atoms with Crippen molar-refractivity contribution in [1.29, 1.82) is 0 Å². The van der Waals surface area contributed by atoms with Gasteiger partial charge in [-0.3, -0.25) is 9.69 Å². The highest BCUT2D eigenvalue weighted by Gasteiger charge is 2.34. The highest BCUT2D eigenvalue weighted by molar-refractivity contribution is 5.70. The van der Waals surface area contributed by atoms with Gasteiger partial charge in [0, 0.05) is 44.5 Å². The number of nitrogens with one attached hydrogen (secondary N) is 1. The molecule has 0 aromatic heterocycles. The number of fused-ring (bicyclic) bond motifs is 5. The maximum Gasteiger partial charge on any atom is 0.307 e. The number of esters is 1. The minimum atomic E-state index is -0.392. The standard InChI is InChI=1S/C22H33N3O2/c1-22(2,3)27-21(26)7-9-24-10-12-25(13-11-24)17-4-5-18-16-6-8-23-20(14-16)19(18)15-17/h4-5,15-16,20,23H,6-14H2,1-3H3. The summed E-state index contributed by atoms with van der Waals surface area (Å²) >= 11 is 0. The molecule has 0 spiro atoms. The van der Waals surface area contributed by atoms with E-state index in [1.807, 2.05) is 20.8 Å². The number of hydrogen-bond donors (Lipinski definition) is 1. The van der Waals surface area contributed by atoms with E-state index < -0.39 is 5.60 Å². The smallest absolute Gasteiger partial charge is 0.307 e. The molecule has 3 aliphatic rings. The number of anilines is 1. The fraction of sp³-hybridized carbons (Fsp3) is 0.682. The van der Waals surface area contributed by atoms with Crippen molar-refractivity contribution in [2.24, 2.45) is 0 Å². The van der Waals surface area contributed by atoms with E-state index in [-0.39, 0.29) is 5.97 Å². The first-order valence-corrected chi connectivity index (χ1v) is 10.5. The molecule has 2 unspecified atom stereocenters. The average molecular weight is 372 g/mol. The van der Waals surface area contributed by atoms with E-state index in [0.29, 0.717) is 12.5 Å². The number of carbonyl (C=O) groups excluding carboxylic acids is 1. The first-order chi connectivity index (χ1) is 12.9. The third-order valence-electron chi connectivity index (χ3n) is 6.08. The zero-order chi connectivity index (χ0) is 19.0. The summed E-state index contributed by atoms with van der Waals surface area (Å²) in [5, 5.41) is 3.68. The fourth-order valence-corrected chi connectivity index (χ4v) is 4.74. The first kappa shape index (κ1) is 18.8. The molecule has 0 amide bonds. The summed E-state index contributed by atoms with van der Waals surface area (Å²) in [6, 6.07) is 7.68. The van der Waals surface area contributed by atoms with Crippen LogP contribution < -0.4 is 10.2 Å². The quantitative estimate of drug-likeness (QED) is 0.824. The molecule has 148 valence electrons. The topological polar surface area (TPSA) is 44.8 Å². The molecule has 2 bridgehead atoms. The zero-order valence-corrected chi connectivity index (χ0v) is 17.0. The first-order valence-electron chi connectivity index (χ1n) is 10.5. The molecular weight excluding hydrogens is 338 g/mol. The third-order valence-corrected chi connectivity index (χ3v) is 6.08. The largest absolute Gasteiger partial charge is 0.460 e. The van der Waals surface area contributed by atoms with Crippen LogP contribution >= 0.6 is 0 Å². The van der Waals surface area contributed by atoms with E-state index in [4.69, 9.17) is 4.74 Å². The van der Waals surface area contributed by atoms with E-state index in [1.165, 1.54) is 24.1 Å². The zero-order valence-electron chi connectivity index (χ0n) is 17.0. The Morgan fingerprint density at radius 1 is 1.19 bits per heavy atom. The van der Waals surface area contributed by atoms with Gasteiger partial charge in [-0.2, -0.15) is 0 Å². The van der Waals surface area contributed by atoms with E-state index in [1.54, 1.807) is 5.56 Å². The van der Waals surface area contributed by atoms with Crippen LogP contribution in [0.5, 0.6) is 0 Å². The van der Waals surface area contributed by atoms with Crippen molar-refractivity contribution in [2.45, 2.75) is 57.6 Å². The number of piperidine rings is 1. The second kappa shape index (κ2) is 7.44. The molecule has 5 heteroatoms. The summed E-state index contributed by atoms with van der Waals surface area (Å²) < 4.78 is 5.41. The fourth-order valence-electron chi connectivity index (χ4n) is 4.74. The van der Waals surface area contributed by atoms with Crippen LogP contribution in [0, 0.1) is 0 Å². The SMILES string of the molecule is CC(C)(C)OC(=O)CCN1CCN(c2ccc3c(c2)C2CC3CCN2)CC1. The monoisotopic (exact) mass is 371 g/mol. The van der Waals surface area contributed by atoms with Crippen molar-refractivity contribution in [2.75, 3.05) is 44.2 Å². The Labute approximate surface area is 163 Å². The van der Waals surface area contributed by atoms with Crippen LogP contribution in [0.15, 0.2) is 18.2 Å². The lowest BCUT2D eigenvalue weighted by Crippen LogP contribution is -2.47. The van der Waals surface area contributed by atoms with Crippen LogP contribution in [0.3, 0.4) is 0 Å². The predicted octanol–water partition coefficient (Wildman–Crippen LogP) is 3.06. The molecule has 2 heterocycles. The molecule has 2 fully saturated rings. The normalized spacial score (nSPS) is 25.4. The summed E-state index contributed by atoms with van der Waals surface area (Å²) in [6.45, 7) is 11.8. The maximum atomic E-state index is 11.9. The molecule has 0 saturated carbocycles. The number of piperazine rings is 1. The molecule has 5 nitrogen and oxygen atoms in total. The Balaban J connectivity index is 1.29. The Bertz CT molecular complexity index is 689. The van der Waals surface area contributed by atoms with Gasteiger partial charge >= 0.3 is 5.97 Å². The number of hydrogen-bond acceptors (Lipinski definition) is 5. The van der Waals surface area contributed by atoms with Crippen LogP contribution in [0.25, 0.3) is 0 Å². The predicted molar refractivity (Wildman–Crippen MR) is 108 cm³/mol. The molecule has 0 radical (unpaired) electrons. The summed E-state index contributed by atoms with van der Waals surface area (Å²) in [7, 11) is 0. The lowest BCUT2D eigenvalue weighted by Gasteiger charge is -2.36. The Morgan fingerprint density at radius 3 is 2.70 bits per heavy atom. The van der Waals surface area contributed by atoms with Crippen LogP contribution in [0.1, 0.15) is 63.1 Å². The van der Waals surface area contributed by atoms with Crippen molar-refractivity contribution in [3.05, 3.63) is 29.3 Å². The van der Waals surface area contributed by atoms with Crippen molar-refractivity contribution in [3.8, 4) is 0 Å². The van der Waals surface area contributed by atoms with Gasteiger partial charge in [0.2, 0.25) is 0 Å². The lowest BCUT2D eigenvalue weighted by molar-refractivity contribution is -0.155. The Hall–Kier alpha value is -1.59. The molecular formula is C22H33N3O2. The van der Waals surface area contributed by atoms with Crippen molar-refractivity contribution in [1.82, 2.24) is 10.2 Å². The molecule has 2 aliphatic heterocycles. The van der Waals surface area contributed by atoms with Crippen molar-refractivity contribution in [3.63, 3.8) is 0 Å². The second-order valence-corrected chi connectivity index (χ2v) is 9.21.